The Labute approximate surface area is 170 Å². The van der Waals surface area contributed by atoms with Crippen molar-refractivity contribution in [2.45, 2.75) is 27.7 Å². The van der Waals surface area contributed by atoms with E-state index in [1.54, 1.807) is 26.8 Å². The summed E-state index contributed by atoms with van der Waals surface area (Å²) < 4.78 is 0. The van der Waals surface area contributed by atoms with Crippen LogP contribution in [0.15, 0.2) is 12.1 Å². The van der Waals surface area contributed by atoms with Gasteiger partial charge in [-0.2, -0.15) is 0 Å². The third-order valence-electron chi connectivity index (χ3n) is 5.14. The minimum absolute atomic E-state index is 0.0550. The summed E-state index contributed by atoms with van der Waals surface area (Å²) in [5.41, 5.74) is -3.42. The molecule has 2 aromatic carbocycles. The first-order valence-corrected chi connectivity index (χ1v) is 8.58. The Balaban J connectivity index is 3.13. The summed E-state index contributed by atoms with van der Waals surface area (Å²) in [6.07, 6.45) is 0. The van der Waals surface area contributed by atoms with Crippen LogP contribution in [0.2, 0.25) is 0 Å². The van der Waals surface area contributed by atoms with Gasteiger partial charge in [0.15, 0.2) is 5.78 Å². The molecule has 0 aromatic heterocycles. The Morgan fingerprint density at radius 2 is 0.933 bits per heavy atom. The first kappa shape index (κ1) is 22.3. The molecule has 30 heavy (non-hydrogen) atoms. The molecule has 0 fully saturated rings. The van der Waals surface area contributed by atoms with Crippen LogP contribution in [-0.2, 0) is 0 Å². The van der Waals surface area contributed by atoms with Gasteiger partial charge in [-0.25, -0.2) is 19.2 Å². The van der Waals surface area contributed by atoms with Gasteiger partial charge >= 0.3 is 23.9 Å². The van der Waals surface area contributed by atoms with Crippen molar-refractivity contribution in [3.05, 3.63) is 67.8 Å². The van der Waals surface area contributed by atoms with Crippen LogP contribution in [0.1, 0.15) is 79.6 Å². The standard InChI is InChI=1S/C21H18O9/c1-7-5-6-11(9(3)8(7)2)17(22)12-10(4)13(18(23)24)15(20(27)28)16(21(29)30)14(12)19(25)26/h5-6H,1-4H3,(H,23,24)(H,25,26)(H,27,28)(H,29,30). The number of carbonyl (C=O) groups is 5. The minimum atomic E-state index is -1.97. The summed E-state index contributed by atoms with van der Waals surface area (Å²) in [4.78, 5) is 60.5. The molecule has 0 radical (unpaired) electrons. The monoisotopic (exact) mass is 414 g/mol. The Morgan fingerprint density at radius 3 is 1.37 bits per heavy atom. The van der Waals surface area contributed by atoms with Gasteiger partial charge in [0, 0.05) is 11.1 Å². The minimum Gasteiger partial charge on any atom is -0.478 e. The summed E-state index contributed by atoms with van der Waals surface area (Å²) in [6, 6.07) is 3.05. The van der Waals surface area contributed by atoms with Gasteiger partial charge in [-0.05, 0) is 49.9 Å². The summed E-state index contributed by atoms with van der Waals surface area (Å²) in [5.74, 6) is -8.47. The lowest BCUT2D eigenvalue weighted by Gasteiger charge is -2.19. The van der Waals surface area contributed by atoms with Crippen molar-refractivity contribution in [3.63, 3.8) is 0 Å². The zero-order chi connectivity index (χ0) is 23.1. The Hall–Kier alpha value is -4.01. The van der Waals surface area contributed by atoms with Gasteiger partial charge in [0.2, 0.25) is 0 Å². The fourth-order valence-corrected chi connectivity index (χ4v) is 3.40. The normalized spacial score (nSPS) is 10.5. The second-order valence-electron chi connectivity index (χ2n) is 6.73. The fraction of sp³-hybridized carbons (Fsp3) is 0.190. The molecule has 9 nitrogen and oxygen atoms in total. The number of ketones is 1. The molecule has 0 amide bonds. The van der Waals surface area contributed by atoms with Gasteiger partial charge in [0.25, 0.3) is 0 Å². The number of rotatable bonds is 6. The van der Waals surface area contributed by atoms with Crippen LogP contribution in [-0.4, -0.2) is 50.1 Å². The maximum absolute atomic E-state index is 13.3. The Morgan fingerprint density at radius 1 is 0.533 bits per heavy atom. The molecule has 0 spiro atoms. The zero-order valence-electron chi connectivity index (χ0n) is 16.5. The van der Waals surface area contributed by atoms with E-state index >= 15 is 0 Å². The molecule has 2 aromatic rings. The van der Waals surface area contributed by atoms with Crippen LogP contribution in [0.3, 0.4) is 0 Å². The van der Waals surface area contributed by atoms with E-state index in [4.69, 9.17) is 0 Å². The van der Waals surface area contributed by atoms with Gasteiger partial charge in [0.05, 0.1) is 22.3 Å². The smallest absolute Gasteiger partial charge is 0.337 e. The summed E-state index contributed by atoms with van der Waals surface area (Å²) in [5, 5.41) is 38.1. The van der Waals surface area contributed by atoms with E-state index in [9.17, 15) is 44.4 Å². The number of carboxylic acids is 4. The molecule has 0 atom stereocenters. The van der Waals surface area contributed by atoms with E-state index in [-0.39, 0.29) is 5.56 Å². The van der Waals surface area contributed by atoms with Crippen LogP contribution in [0.25, 0.3) is 0 Å². The van der Waals surface area contributed by atoms with Crippen LogP contribution in [0, 0.1) is 27.7 Å². The number of carboxylic acid groups (broad SMARTS) is 4. The van der Waals surface area contributed by atoms with E-state index in [0.717, 1.165) is 18.1 Å². The molecule has 0 saturated heterocycles. The maximum Gasteiger partial charge on any atom is 0.337 e. The molecule has 9 heteroatoms. The van der Waals surface area contributed by atoms with Crippen molar-refractivity contribution >= 4 is 29.7 Å². The average molecular weight is 414 g/mol. The summed E-state index contributed by atoms with van der Waals surface area (Å²) >= 11 is 0. The molecule has 0 aliphatic carbocycles. The largest absolute Gasteiger partial charge is 0.478 e. The molecule has 2 rings (SSSR count). The average Bonchev–Trinajstić information content (AvgIpc) is 2.63. The summed E-state index contributed by atoms with van der Waals surface area (Å²) in [6.45, 7) is 6.24. The number of aromatic carboxylic acids is 4. The lowest BCUT2D eigenvalue weighted by molar-refractivity contribution is 0.0617. The molecule has 0 heterocycles. The predicted molar refractivity (Wildman–Crippen MR) is 103 cm³/mol. The van der Waals surface area contributed by atoms with E-state index in [0.29, 0.717) is 5.56 Å². The quantitative estimate of drug-likeness (QED) is 0.520. The number of hydrogen-bond acceptors (Lipinski definition) is 5. The molecule has 4 N–H and O–H groups in total. The van der Waals surface area contributed by atoms with Crippen molar-refractivity contribution < 1.29 is 44.4 Å². The van der Waals surface area contributed by atoms with Crippen molar-refractivity contribution in [2.24, 2.45) is 0 Å². The molecule has 0 aliphatic rings. The van der Waals surface area contributed by atoms with Gasteiger partial charge in [-0.15, -0.1) is 0 Å². The molecule has 156 valence electrons. The molecular formula is C21H18O9. The van der Waals surface area contributed by atoms with E-state index in [2.05, 4.69) is 0 Å². The molecule has 0 aliphatic heterocycles. The van der Waals surface area contributed by atoms with E-state index in [1.165, 1.54) is 6.07 Å². The molecule has 0 bridgehead atoms. The third kappa shape index (κ3) is 3.41. The van der Waals surface area contributed by atoms with Gasteiger partial charge in [0.1, 0.15) is 0 Å². The SMILES string of the molecule is Cc1ccc(C(=O)c2c(C)c(C(=O)O)c(C(=O)O)c(C(=O)O)c2C(=O)O)c(C)c1C. The Kier molecular flexibility index (Phi) is 5.78. The second kappa shape index (κ2) is 7.78. The first-order valence-electron chi connectivity index (χ1n) is 8.58. The maximum atomic E-state index is 13.3. The number of benzene rings is 2. The van der Waals surface area contributed by atoms with Gasteiger partial charge in [-0.3, -0.25) is 4.79 Å². The highest BCUT2D eigenvalue weighted by Gasteiger charge is 2.37. The van der Waals surface area contributed by atoms with Crippen LogP contribution < -0.4 is 0 Å². The third-order valence-corrected chi connectivity index (χ3v) is 5.14. The molecule has 0 unspecified atom stereocenters. The number of hydrogen-bond donors (Lipinski definition) is 4. The first-order chi connectivity index (χ1) is 13.8. The van der Waals surface area contributed by atoms with Crippen molar-refractivity contribution in [2.75, 3.05) is 0 Å². The van der Waals surface area contributed by atoms with E-state index in [1.807, 2.05) is 0 Å². The highest BCUT2D eigenvalue weighted by atomic mass is 16.4. The molecular weight excluding hydrogens is 396 g/mol. The molecule has 0 saturated carbocycles. The predicted octanol–water partition coefficient (Wildman–Crippen LogP) is 2.94. The highest BCUT2D eigenvalue weighted by molar-refractivity contribution is 6.23. The highest BCUT2D eigenvalue weighted by Crippen LogP contribution is 2.32. The second-order valence-corrected chi connectivity index (χ2v) is 6.73. The van der Waals surface area contributed by atoms with Crippen molar-refractivity contribution in [1.82, 2.24) is 0 Å². The Bertz CT molecular complexity index is 1160. The number of aryl methyl sites for hydroxylation is 1. The van der Waals surface area contributed by atoms with Crippen molar-refractivity contribution in [1.29, 1.82) is 0 Å². The van der Waals surface area contributed by atoms with Crippen LogP contribution in [0.5, 0.6) is 0 Å². The van der Waals surface area contributed by atoms with Crippen LogP contribution >= 0.6 is 0 Å². The van der Waals surface area contributed by atoms with Gasteiger partial charge < -0.3 is 20.4 Å². The fourth-order valence-electron chi connectivity index (χ4n) is 3.40. The van der Waals surface area contributed by atoms with Gasteiger partial charge in [-0.1, -0.05) is 12.1 Å². The number of carbonyl (C=O) groups excluding carboxylic acids is 1. The lowest BCUT2D eigenvalue weighted by atomic mass is 9.82. The van der Waals surface area contributed by atoms with Crippen molar-refractivity contribution in [3.8, 4) is 0 Å². The topological polar surface area (TPSA) is 166 Å². The van der Waals surface area contributed by atoms with E-state index < -0.39 is 63.0 Å². The van der Waals surface area contributed by atoms with Crippen LogP contribution in [0.4, 0.5) is 0 Å². The summed E-state index contributed by atoms with van der Waals surface area (Å²) in [7, 11) is 0. The lowest BCUT2D eigenvalue weighted by Crippen LogP contribution is -2.25. The zero-order valence-corrected chi connectivity index (χ0v) is 16.5.